The van der Waals surface area contributed by atoms with Gasteiger partial charge in [0.15, 0.2) is 0 Å². The van der Waals surface area contributed by atoms with Crippen LogP contribution in [0.2, 0.25) is 0 Å². The van der Waals surface area contributed by atoms with Gasteiger partial charge in [0.2, 0.25) is 0 Å². The smallest absolute Gasteiger partial charge is 0.411 e. The Balaban J connectivity index is 2.17. The van der Waals surface area contributed by atoms with E-state index >= 15 is 0 Å². The Morgan fingerprint density at radius 3 is 3.25 bits per heavy atom. The zero-order valence-corrected chi connectivity index (χ0v) is 9.29. The van der Waals surface area contributed by atoms with Gasteiger partial charge in [0.25, 0.3) is 0 Å². The quantitative estimate of drug-likeness (QED) is 0.835. The summed E-state index contributed by atoms with van der Waals surface area (Å²) in [5.41, 5.74) is 1.83. The lowest BCUT2D eigenvalue weighted by Gasteiger charge is -2.20. The number of carbonyl (C=O) groups excluding carboxylic acids is 1. The zero-order valence-electron chi connectivity index (χ0n) is 9.29. The molecule has 0 radical (unpaired) electrons. The van der Waals surface area contributed by atoms with E-state index in [1.54, 1.807) is 6.92 Å². The third kappa shape index (κ3) is 2.27. The molecule has 0 spiro atoms. The van der Waals surface area contributed by atoms with Crippen LogP contribution in [0.5, 0.6) is 5.75 Å². The average Bonchev–Trinajstić information content (AvgIpc) is 2.30. The van der Waals surface area contributed by atoms with Gasteiger partial charge in [-0.1, -0.05) is 12.1 Å². The van der Waals surface area contributed by atoms with Crippen LogP contribution < -0.4 is 10.1 Å². The van der Waals surface area contributed by atoms with Crippen LogP contribution in [0.25, 0.3) is 0 Å². The van der Waals surface area contributed by atoms with Crippen LogP contribution in [0.1, 0.15) is 18.9 Å². The summed E-state index contributed by atoms with van der Waals surface area (Å²) in [6, 6.07) is 5.75. The van der Waals surface area contributed by atoms with Crippen LogP contribution in [0, 0.1) is 0 Å². The number of ether oxygens (including phenoxy) is 2. The molecule has 1 aromatic carbocycles. The van der Waals surface area contributed by atoms with Gasteiger partial charge in [0.05, 0.1) is 18.9 Å². The van der Waals surface area contributed by atoms with Gasteiger partial charge in [-0.25, -0.2) is 4.79 Å². The minimum Gasteiger partial charge on any atom is -0.491 e. The van der Waals surface area contributed by atoms with E-state index < -0.39 is 6.09 Å². The van der Waals surface area contributed by atoms with E-state index in [1.807, 2.05) is 18.2 Å². The van der Waals surface area contributed by atoms with Crippen LogP contribution in [0.3, 0.4) is 0 Å². The van der Waals surface area contributed by atoms with Crippen molar-refractivity contribution in [2.45, 2.75) is 19.8 Å². The van der Waals surface area contributed by atoms with E-state index in [1.165, 1.54) is 0 Å². The Morgan fingerprint density at radius 1 is 1.56 bits per heavy atom. The summed E-state index contributed by atoms with van der Waals surface area (Å²) >= 11 is 0. The van der Waals surface area contributed by atoms with Crippen LogP contribution in [-0.2, 0) is 11.2 Å². The molecule has 0 saturated carbocycles. The topological polar surface area (TPSA) is 47.6 Å². The number of fused-ring (bicyclic) bond motifs is 1. The molecule has 2 rings (SSSR count). The lowest BCUT2D eigenvalue weighted by Crippen LogP contribution is -2.16. The number of carbonyl (C=O) groups is 1. The van der Waals surface area contributed by atoms with Gasteiger partial charge < -0.3 is 9.47 Å². The van der Waals surface area contributed by atoms with Crippen molar-refractivity contribution in [3.63, 3.8) is 0 Å². The van der Waals surface area contributed by atoms with Crippen molar-refractivity contribution in [1.82, 2.24) is 0 Å². The molecule has 86 valence electrons. The predicted octanol–water partition coefficient (Wildman–Crippen LogP) is 2.58. The van der Waals surface area contributed by atoms with Crippen LogP contribution >= 0.6 is 0 Å². The van der Waals surface area contributed by atoms with Gasteiger partial charge in [-0.15, -0.1) is 0 Å². The number of anilines is 1. The first kappa shape index (κ1) is 10.8. The number of benzene rings is 1. The molecule has 0 aliphatic carbocycles. The third-order valence-corrected chi connectivity index (χ3v) is 2.45. The Kier molecular flexibility index (Phi) is 3.29. The Bertz CT molecular complexity index is 390. The van der Waals surface area contributed by atoms with Crippen molar-refractivity contribution in [3.8, 4) is 5.75 Å². The minimum absolute atomic E-state index is 0.363. The molecule has 1 amide bonds. The summed E-state index contributed by atoms with van der Waals surface area (Å²) in [6.07, 6.45) is 1.58. The van der Waals surface area contributed by atoms with E-state index in [2.05, 4.69) is 5.32 Å². The molecule has 1 heterocycles. The van der Waals surface area contributed by atoms with Crippen molar-refractivity contribution < 1.29 is 14.3 Å². The minimum atomic E-state index is -0.440. The molecule has 0 atom stereocenters. The van der Waals surface area contributed by atoms with Crippen LogP contribution in [-0.4, -0.2) is 19.3 Å². The maximum absolute atomic E-state index is 11.3. The summed E-state index contributed by atoms with van der Waals surface area (Å²) in [5.74, 6) is 0.779. The fourth-order valence-corrected chi connectivity index (χ4v) is 1.76. The fraction of sp³-hybridized carbons (Fsp3) is 0.417. The summed E-state index contributed by atoms with van der Waals surface area (Å²) in [4.78, 5) is 11.3. The van der Waals surface area contributed by atoms with Crippen LogP contribution in [0.15, 0.2) is 18.2 Å². The van der Waals surface area contributed by atoms with Gasteiger partial charge >= 0.3 is 6.09 Å². The number of amides is 1. The van der Waals surface area contributed by atoms with Crippen LogP contribution in [0.4, 0.5) is 10.5 Å². The first-order chi connectivity index (χ1) is 7.81. The van der Waals surface area contributed by atoms with E-state index in [9.17, 15) is 4.79 Å². The highest BCUT2D eigenvalue weighted by molar-refractivity contribution is 5.87. The number of nitrogens with one attached hydrogen (secondary N) is 1. The average molecular weight is 221 g/mol. The number of para-hydroxylation sites is 1. The normalized spacial score (nSPS) is 13.6. The number of aryl methyl sites for hydroxylation is 1. The third-order valence-electron chi connectivity index (χ3n) is 2.45. The van der Waals surface area contributed by atoms with Crippen molar-refractivity contribution >= 4 is 11.8 Å². The molecule has 1 N–H and O–H groups in total. The van der Waals surface area contributed by atoms with Crippen molar-refractivity contribution in [2.24, 2.45) is 0 Å². The standard InChI is InChI=1S/C12H15NO3/c1-2-15-12(14)13-10-7-3-5-9-6-4-8-16-11(9)10/h3,5,7H,2,4,6,8H2,1H3,(H,13,14). The second-order valence-electron chi connectivity index (χ2n) is 3.59. The molecular weight excluding hydrogens is 206 g/mol. The fourth-order valence-electron chi connectivity index (χ4n) is 1.76. The van der Waals surface area contributed by atoms with Crippen molar-refractivity contribution in [3.05, 3.63) is 23.8 Å². The highest BCUT2D eigenvalue weighted by Gasteiger charge is 2.15. The maximum atomic E-state index is 11.3. The Labute approximate surface area is 94.6 Å². The molecule has 16 heavy (non-hydrogen) atoms. The zero-order chi connectivity index (χ0) is 11.4. The number of hydrogen-bond donors (Lipinski definition) is 1. The molecule has 1 aromatic rings. The molecule has 0 saturated heterocycles. The molecule has 4 heteroatoms. The summed E-state index contributed by atoms with van der Waals surface area (Å²) in [5, 5.41) is 2.68. The Morgan fingerprint density at radius 2 is 2.44 bits per heavy atom. The van der Waals surface area contributed by atoms with Crippen molar-refractivity contribution in [1.29, 1.82) is 0 Å². The van der Waals surface area contributed by atoms with E-state index in [4.69, 9.17) is 9.47 Å². The van der Waals surface area contributed by atoms with Gasteiger partial charge in [-0.05, 0) is 31.4 Å². The van der Waals surface area contributed by atoms with Gasteiger partial charge in [0, 0.05) is 0 Å². The summed E-state index contributed by atoms with van der Waals surface area (Å²) < 4.78 is 10.4. The Hall–Kier alpha value is -1.71. The SMILES string of the molecule is CCOC(=O)Nc1cccc2c1OCCC2. The number of rotatable bonds is 2. The first-order valence-corrected chi connectivity index (χ1v) is 5.49. The van der Waals surface area contributed by atoms with Gasteiger partial charge in [-0.2, -0.15) is 0 Å². The van der Waals surface area contributed by atoms with Crippen molar-refractivity contribution in [2.75, 3.05) is 18.5 Å². The highest BCUT2D eigenvalue weighted by atomic mass is 16.5. The molecule has 1 aliphatic rings. The number of hydrogen-bond acceptors (Lipinski definition) is 3. The monoisotopic (exact) mass is 221 g/mol. The largest absolute Gasteiger partial charge is 0.491 e. The summed E-state index contributed by atoms with van der Waals surface area (Å²) in [7, 11) is 0. The lowest BCUT2D eigenvalue weighted by atomic mass is 10.1. The molecule has 4 nitrogen and oxygen atoms in total. The second-order valence-corrected chi connectivity index (χ2v) is 3.59. The first-order valence-electron chi connectivity index (χ1n) is 5.49. The molecular formula is C12H15NO3. The van der Waals surface area contributed by atoms with Gasteiger partial charge in [-0.3, -0.25) is 5.32 Å². The molecule has 1 aliphatic heterocycles. The molecule has 0 fully saturated rings. The molecule has 0 unspecified atom stereocenters. The van der Waals surface area contributed by atoms with E-state index in [0.29, 0.717) is 18.9 Å². The van der Waals surface area contributed by atoms with Gasteiger partial charge in [0.1, 0.15) is 5.75 Å². The lowest BCUT2D eigenvalue weighted by molar-refractivity contribution is 0.167. The maximum Gasteiger partial charge on any atom is 0.411 e. The molecule has 0 aromatic heterocycles. The summed E-state index contributed by atoms with van der Waals surface area (Å²) in [6.45, 7) is 2.84. The van der Waals surface area contributed by atoms with E-state index in [-0.39, 0.29) is 0 Å². The highest BCUT2D eigenvalue weighted by Crippen LogP contribution is 2.32. The predicted molar refractivity (Wildman–Crippen MR) is 60.9 cm³/mol. The second kappa shape index (κ2) is 4.88. The molecule has 0 bridgehead atoms. The van der Waals surface area contributed by atoms with E-state index in [0.717, 1.165) is 24.2 Å².